The van der Waals surface area contributed by atoms with Crippen molar-refractivity contribution in [2.45, 2.75) is 13.0 Å². The molecule has 1 aliphatic rings. The first-order valence-corrected chi connectivity index (χ1v) is 8.47. The largest absolute Gasteiger partial charge is 0.508 e. The average Bonchev–Trinajstić information content (AvgIpc) is 2.86. The van der Waals surface area contributed by atoms with Crippen LogP contribution < -0.4 is 0 Å². The van der Waals surface area contributed by atoms with Gasteiger partial charge in [-0.3, -0.25) is 9.67 Å². The summed E-state index contributed by atoms with van der Waals surface area (Å²) in [6, 6.07) is 12.5. The molecule has 0 spiro atoms. The molecule has 0 unspecified atom stereocenters. The van der Waals surface area contributed by atoms with Gasteiger partial charge < -0.3 is 10.2 Å². The Bertz CT molecular complexity index is 1150. The molecule has 4 rings (SSSR count). The first kappa shape index (κ1) is 16.2. The van der Waals surface area contributed by atoms with Gasteiger partial charge >= 0.3 is 0 Å². The lowest BCUT2D eigenvalue weighted by atomic mass is 9.99. The van der Waals surface area contributed by atoms with Gasteiger partial charge in [0.15, 0.2) is 10.6 Å². The van der Waals surface area contributed by atoms with Crippen LogP contribution in [-0.4, -0.2) is 25.0 Å². The van der Waals surface area contributed by atoms with Crippen molar-refractivity contribution in [1.82, 2.24) is 14.8 Å². The summed E-state index contributed by atoms with van der Waals surface area (Å²) < 4.78 is 2.26. The van der Waals surface area contributed by atoms with Gasteiger partial charge in [-0.15, -0.1) is 0 Å². The third-order valence-corrected chi connectivity index (χ3v) is 4.61. The van der Waals surface area contributed by atoms with Gasteiger partial charge in [-0.05, 0) is 47.1 Å². The maximum Gasteiger partial charge on any atom is 0.195 e. The lowest BCUT2D eigenvalue weighted by Crippen LogP contribution is -2.05. The van der Waals surface area contributed by atoms with Crippen LogP contribution in [0.2, 0.25) is 0 Å². The summed E-state index contributed by atoms with van der Waals surface area (Å²) >= 11 is 5.39. The van der Waals surface area contributed by atoms with E-state index >= 15 is 0 Å². The van der Waals surface area contributed by atoms with E-state index in [4.69, 9.17) is 12.2 Å². The molecule has 1 heterocycles. The minimum atomic E-state index is -0.0599. The Kier molecular flexibility index (Phi) is 4.07. The van der Waals surface area contributed by atoms with Gasteiger partial charge in [0.2, 0.25) is 0 Å². The van der Waals surface area contributed by atoms with Gasteiger partial charge in [-0.1, -0.05) is 36.1 Å². The fraction of sp³-hybridized carbons (Fsp3) is 0.100. The average molecular weight is 361 g/mol. The predicted octanol–water partition coefficient (Wildman–Crippen LogP) is 3.66. The van der Waals surface area contributed by atoms with Crippen LogP contribution in [0.15, 0.2) is 48.5 Å². The topological polar surface area (TPSA) is 74.1 Å². The van der Waals surface area contributed by atoms with Gasteiger partial charge in [0.25, 0.3) is 0 Å². The van der Waals surface area contributed by atoms with E-state index in [9.17, 15) is 10.2 Å². The van der Waals surface area contributed by atoms with Gasteiger partial charge in [-0.25, -0.2) is 0 Å². The monoisotopic (exact) mass is 361 g/mol. The minimum absolute atomic E-state index is 0.0115. The number of hydrogen-bond acceptors (Lipinski definition) is 4. The molecule has 0 saturated carbocycles. The van der Waals surface area contributed by atoms with Crippen LogP contribution in [0, 0.1) is 16.6 Å². The van der Waals surface area contributed by atoms with Crippen molar-refractivity contribution in [3.05, 3.63) is 64.4 Å². The molecule has 0 fully saturated rings. The summed E-state index contributed by atoms with van der Waals surface area (Å²) in [6.45, 7) is 0.469. The molecular formula is C20H15N3O2S. The van der Waals surface area contributed by atoms with Crippen LogP contribution in [0.5, 0.6) is 11.5 Å². The summed E-state index contributed by atoms with van der Waals surface area (Å²) in [4.78, 5) is 0. The summed E-state index contributed by atoms with van der Waals surface area (Å²) in [6.07, 6.45) is 2.61. The van der Waals surface area contributed by atoms with Crippen LogP contribution >= 0.6 is 12.2 Å². The Hall–Kier alpha value is -3.30. The zero-order chi connectivity index (χ0) is 18.1. The van der Waals surface area contributed by atoms with Gasteiger partial charge in [-0.2, -0.15) is 5.10 Å². The Morgan fingerprint density at radius 3 is 2.85 bits per heavy atom. The number of nitrogens with zero attached hydrogens (tertiary/aromatic N) is 2. The molecule has 3 N–H and O–H groups in total. The SMILES string of the molecule is Oc1ccc(-c2n[nH]c(=S)n2CC2=CC#CCc3ccccc32)c(O)c1. The molecule has 128 valence electrons. The Morgan fingerprint density at radius 1 is 1.15 bits per heavy atom. The van der Waals surface area contributed by atoms with Crippen molar-refractivity contribution >= 4 is 17.8 Å². The lowest BCUT2D eigenvalue weighted by molar-refractivity contribution is 0.451. The molecule has 2 aromatic carbocycles. The highest BCUT2D eigenvalue weighted by Crippen LogP contribution is 2.32. The molecule has 6 heteroatoms. The van der Waals surface area contributed by atoms with E-state index in [2.05, 4.69) is 34.2 Å². The van der Waals surface area contributed by atoms with Crippen molar-refractivity contribution < 1.29 is 10.2 Å². The van der Waals surface area contributed by atoms with Crippen LogP contribution in [0.1, 0.15) is 11.1 Å². The molecule has 0 bridgehead atoms. The molecule has 0 aliphatic heterocycles. The summed E-state index contributed by atoms with van der Waals surface area (Å²) in [5.74, 6) is 6.65. The normalized spacial score (nSPS) is 12.5. The van der Waals surface area contributed by atoms with E-state index in [-0.39, 0.29) is 11.5 Å². The fourth-order valence-electron chi connectivity index (χ4n) is 3.03. The Balaban J connectivity index is 1.80. The molecule has 0 atom stereocenters. The molecule has 3 aromatic rings. The standard InChI is InChI=1S/C20H15N3O2S/c24-15-9-10-17(18(25)11-15)19-21-22-20(26)23(19)12-14-7-2-1-5-13-6-3-4-8-16(13)14/h3-4,6-11,24-25H,5,12H2,(H,22,26). The van der Waals surface area contributed by atoms with Gasteiger partial charge in [0.1, 0.15) is 11.5 Å². The molecule has 0 amide bonds. The third-order valence-electron chi connectivity index (χ3n) is 4.30. The number of rotatable bonds is 3. The first-order valence-electron chi connectivity index (χ1n) is 8.07. The Morgan fingerprint density at radius 2 is 2.00 bits per heavy atom. The first-order chi connectivity index (χ1) is 12.6. The zero-order valence-corrected chi connectivity index (χ0v) is 14.5. The number of aromatic amines is 1. The van der Waals surface area contributed by atoms with Crippen LogP contribution in [-0.2, 0) is 13.0 Å². The third kappa shape index (κ3) is 2.89. The number of benzene rings is 2. The van der Waals surface area contributed by atoms with Crippen molar-refractivity contribution in [2.75, 3.05) is 0 Å². The highest BCUT2D eigenvalue weighted by Gasteiger charge is 2.16. The number of aromatic nitrogens is 3. The number of aromatic hydroxyl groups is 2. The van der Waals surface area contributed by atoms with Gasteiger partial charge in [0.05, 0.1) is 12.1 Å². The predicted molar refractivity (Wildman–Crippen MR) is 102 cm³/mol. The van der Waals surface area contributed by atoms with Crippen LogP contribution in [0.25, 0.3) is 17.0 Å². The number of H-pyrrole nitrogens is 1. The van der Waals surface area contributed by atoms with Crippen molar-refractivity contribution in [3.63, 3.8) is 0 Å². The quantitative estimate of drug-likeness (QED) is 0.492. The molecule has 26 heavy (non-hydrogen) atoms. The van der Waals surface area contributed by atoms with E-state index < -0.39 is 0 Å². The van der Waals surface area contributed by atoms with Crippen molar-refractivity contribution in [1.29, 1.82) is 0 Å². The molecule has 0 saturated heterocycles. The summed E-state index contributed by atoms with van der Waals surface area (Å²) in [7, 11) is 0. The number of phenolic OH excluding ortho intramolecular Hbond substituents is 2. The fourth-order valence-corrected chi connectivity index (χ4v) is 3.23. The smallest absolute Gasteiger partial charge is 0.195 e. The lowest BCUT2D eigenvalue weighted by Gasteiger charge is -2.13. The number of allylic oxidation sites excluding steroid dienone is 2. The maximum atomic E-state index is 10.2. The van der Waals surface area contributed by atoms with Crippen LogP contribution in [0.3, 0.4) is 0 Å². The number of phenols is 2. The second-order valence-electron chi connectivity index (χ2n) is 5.96. The van der Waals surface area contributed by atoms with Gasteiger partial charge in [0, 0.05) is 12.5 Å². The van der Waals surface area contributed by atoms with E-state index in [1.165, 1.54) is 17.7 Å². The highest BCUT2D eigenvalue weighted by atomic mass is 32.1. The molecular weight excluding hydrogens is 346 g/mol. The van der Waals surface area contributed by atoms with Crippen molar-refractivity contribution in [3.8, 4) is 34.7 Å². The van der Waals surface area contributed by atoms with E-state index in [0.29, 0.717) is 29.1 Å². The zero-order valence-electron chi connectivity index (χ0n) is 13.7. The molecule has 1 aliphatic carbocycles. The van der Waals surface area contributed by atoms with E-state index in [0.717, 1.165) is 11.1 Å². The number of fused-ring (bicyclic) bond motifs is 1. The van der Waals surface area contributed by atoms with Crippen LogP contribution in [0.4, 0.5) is 0 Å². The molecule has 1 aromatic heterocycles. The minimum Gasteiger partial charge on any atom is -0.508 e. The van der Waals surface area contributed by atoms with E-state index in [1.54, 1.807) is 6.07 Å². The second-order valence-corrected chi connectivity index (χ2v) is 6.35. The summed E-state index contributed by atoms with van der Waals surface area (Å²) in [5.41, 5.74) is 3.81. The molecule has 0 radical (unpaired) electrons. The van der Waals surface area contributed by atoms with Crippen molar-refractivity contribution in [2.24, 2.45) is 0 Å². The van der Waals surface area contributed by atoms with E-state index in [1.807, 2.05) is 22.8 Å². The molecule has 5 nitrogen and oxygen atoms in total. The number of hydrogen-bond donors (Lipinski definition) is 3. The maximum absolute atomic E-state index is 10.2. The second kappa shape index (κ2) is 6.54. The highest BCUT2D eigenvalue weighted by molar-refractivity contribution is 7.71. The number of nitrogens with one attached hydrogen (secondary N) is 1. The Labute approximate surface area is 155 Å². The summed E-state index contributed by atoms with van der Waals surface area (Å²) in [5, 5.41) is 26.8.